The molecular formula is C9H6ClOS. The van der Waals surface area contributed by atoms with Crippen molar-refractivity contribution < 1.29 is 4.74 Å². The highest BCUT2D eigenvalue weighted by molar-refractivity contribution is 7.17. The van der Waals surface area contributed by atoms with E-state index >= 15 is 0 Å². The van der Waals surface area contributed by atoms with Gasteiger partial charge in [-0.2, -0.15) is 0 Å². The molecule has 0 amide bonds. The van der Waals surface area contributed by atoms with Crippen LogP contribution in [0.2, 0.25) is 0 Å². The van der Waals surface area contributed by atoms with E-state index in [0.29, 0.717) is 0 Å². The van der Waals surface area contributed by atoms with Crippen molar-refractivity contribution in [2.75, 3.05) is 6.07 Å². The van der Waals surface area contributed by atoms with Crippen molar-refractivity contribution in [1.82, 2.24) is 0 Å². The summed E-state index contributed by atoms with van der Waals surface area (Å²) in [5, 5.41) is 4.14. The maximum Gasteiger partial charge on any atom is 0.162 e. The molecule has 2 aromatic rings. The van der Waals surface area contributed by atoms with E-state index in [1.54, 1.807) is 11.3 Å². The molecule has 0 bridgehead atoms. The Morgan fingerprint density at radius 3 is 3.08 bits per heavy atom. The maximum absolute atomic E-state index is 5.46. The number of hydrogen-bond acceptors (Lipinski definition) is 2. The number of hydrogen-bond donors (Lipinski definition) is 0. The Hall–Kier alpha value is -0.730. The van der Waals surface area contributed by atoms with Crippen molar-refractivity contribution >= 4 is 33.0 Å². The molecule has 1 nitrogen and oxygen atoms in total. The van der Waals surface area contributed by atoms with Crippen molar-refractivity contribution in [2.45, 2.75) is 0 Å². The quantitative estimate of drug-likeness (QED) is 0.672. The van der Waals surface area contributed by atoms with Crippen LogP contribution < -0.4 is 4.74 Å². The monoisotopic (exact) mass is 197 g/mol. The molecule has 0 aliphatic rings. The molecule has 0 N–H and O–H groups in total. The van der Waals surface area contributed by atoms with Gasteiger partial charge in [0.2, 0.25) is 0 Å². The van der Waals surface area contributed by atoms with Gasteiger partial charge in [0.05, 0.1) is 5.38 Å². The number of fused-ring (bicyclic) bond motifs is 1. The molecule has 0 unspecified atom stereocenters. The van der Waals surface area contributed by atoms with Crippen molar-refractivity contribution in [2.24, 2.45) is 0 Å². The highest BCUT2D eigenvalue weighted by atomic mass is 35.5. The first kappa shape index (κ1) is 7.90. The molecule has 0 saturated heterocycles. The van der Waals surface area contributed by atoms with Crippen LogP contribution in [0.3, 0.4) is 0 Å². The molecule has 1 heterocycles. The second-order valence-electron chi connectivity index (χ2n) is 2.28. The summed E-state index contributed by atoms with van der Waals surface area (Å²) in [5.74, 6) is 0.755. The standard InChI is InChI=1S/C9H6ClOS/c10-6-11-8-5-12-9-4-2-1-3-7(8)9/h1-4H,6H2. The molecule has 0 fully saturated rings. The van der Waals surface area contributed by atoms with E-state index in [1.807, 2.05) is 24.3 Å². The molecule has 3 heteroatoms. The van der Waals surface area contributed by atoms with E-state index in [-0.39, 0.29) is 6.07 Å². The first-order chi connectivity index (χ1) is 5.92. The van der Waals surface area contributed by atoms with Crippen molar-refractivity contribution in [1.29, 1.82) is 0 Å². The van der Waals surface area contributed by atoms with Gasteiger partial charge in [0.15, 0.2) is 6.07 Å². The second kappa shape index (κ2) is 3.33. The van der Waals surface area contributed by atoms with Crippen LogP contribution in [0.5, 0.6) is 5.75 Å². The summed E-state index contributed by atoms with van der Waals surface area (Å²) in [4.78, 5) is 0. The summed E-state index contributed by atoms with van der Waals surface area (Å²) in [6.45, 7) is 0. The molecule has 12 heavy (non-hydrogen) atoms. The molecule has 2 rings (SSSR count). The Morgan fingerprint density at radius 1 is 1.42 bits per heavy atom. The van der Waals surface area contributed by atoms with Crippen LogP contribution in [0.15, 0.2) is 24.3 Å². The lowest BCUT2D eigenvalue weighted by atomic mass is 10.2. The SMILES string of the molecule is ClCOc1[c]sc2ccccc12. The van der Waals surface area contributed by atoms with Gasteiger partial charge in [0.25, 0.3) is 0 Å². The number of halogens is 1. The van der Waals surface area contributed by atoms with Gasteiger partial charge < -0.3 is 4.74 Å². The minimum absolute atomic E-state index is 0.178. The second-order valence-corrected chi connectivity index (χ2v) is 3.35. The van der Waals surface area contributed by atoms with Crippen molar-refractivity contribution in [3.8, 4) is 5.75 Å². The first-order valence-electron chi connectivity index (χ1n) is 3.50. The van der Waals surface area contributed by atoms with Crippen LogP contribution in [0, 0.1) is 5.38 Å². The van der Waals surface area contributed by atoms with Gasteiger partial charge in [-0.25, -0.2) is 0 Å². The van der Waals surface area contributed by atoms with E-state index < -0.39 is 0 Å². The smallest absolute Gasteiger partial charge is 0.162 e. The van der Waals surface area contributed by atoms with Crippen LogP contribution >= 0.6 is 22.9 Å². The van der Waals surface area contributed by atoms with Gasteiger partial charge in [-0.1, -0.05) is 23.7 Å². The third kappa shape index (κ3) is 1.28. The highest BCUT2D eigenvalue weighted by Gasteiger charge is 2.02. The van der Waals surface area contributed by atoms with E-state index in [1.165, 1.54) is 4.70 Å². The number of benzene rings is 1. The predicted octanol–water partition coefficient (Wildman–Crippen LogP) is 3.28. The fraction of sp³-hybridized carbons (Fsp3) is 0.111. The van der Waals surface area contributed by atoms with Crippen LogP contribution in [-0.2, 0) is 0 Å². The number of alkyl halides is 1. The first-order valence-corrected chi connectivity index (χ1v) is 4.85. The molecule has 0 spiro atoms. The summed E-state index contributed by atoms with van der Waals surface area (Å²) in [6.07, 6.45) is 0. The zero-order chi connectivity index (χ0) is 8.39. The largest absolute Gasteiger partial charge is 0.476 e. The van der Waals surface area contributed by atoms with Gasteiger partial charge >= 0.3 is 0 Å². The van der Waals surface area contributed by atoms with Crippen molar-refractivity contribution in [3.05, 3.63) is 29.6 Å². The summed E-state index contributed by atoms with van der Waals surface area (Å²) in [5.41, 5.74) is 0. The molecule has 61 valence electrons. The summed E-state index contributed by atoms with van der Waals surface area (Å²) < 4.78 is 6.36. The highest BCUT2D eigenvalue weighted by Crippen LogP contribution is 2.30. The molecule has 1 radical (unpaired) electrons. The lowest BCUT2D eigenvalue weighted by Crippen LogP contribution is -1.86. The van der Waals surface area contributed by atoms with E-state index in [9.17, 15) is 0 Å². The van der Waals surface area contributed by atoms with E-state index in [4.69, 9.17) is 16.3 Å². The zero-order valence-corrected chi connectivity index (χ0v) is 7.78. The zero-order valence-electron chi connectivity index (χ0n) is 6.21. The van der Waals surface area contributed by atoms with Crippen LogP contribution in [0.25, 0.3) is 10.1 Å². The number of rotatable bonds is 2. The fourth-order valence-corrected chi connectivity index (χ4v) is 1.96. The molecule has 1 aromatic heterocycles. The molecule has 1 aromatic carbocycles. The van der Waals surface area contributed by atoms with Gasteiger partial charge in [-0.05, 0) is 12.1 Å². The topological polar surface area (TPSA) is 9.23 Å². The normalized spacial score (nSPS) is 10.4. The number of ether oxygens (including phenoxy) is 1. The van der Waals surface area contributed by atoms with Gasteiger partial charge in [-0.3, -0.25) is 0 Å². The van der Waals surface area contributed by atoms with Crippen LogP contribution in [-0.4, -0.2) is 6.07 Å². The van der Waals surface area contributed by atoms with Crippen LogP contribution in [0.1, 0.15) is 0 Å². The predicted molar refractivity (Wildman–Crippen MR) is 52.0 cm³/mol. The lowest BCUT2D eigenvalue weighted by Gasteiger charge is -1.96. The Morgan fingerprint density at radius 2 is 2.25 bits per heavy atom. The molecule has 0 atom stereocenters. The maximum atomic E-state index is 5.46. The summed E-state index contributed by atoms with van der Waals surface area (Å²) >= 11 is 7.00. The molecule has 0 aliphatic carbocycles. The summed E-state index contributed by atoms with van der Waals surface area (Å²) in [7, 11) is 0. The minimum Gasteiger partial charge on any atom is -0.476 e. The average molecular weight is 198 g/mol. The third-order valence-corrected chi connectivity index (χ3v) is 2.56. The molecule has 0 saturated carbocycles. The Bertz CT molecular complexity index is 383. The van der Waals surface area contributed by atoms with Crippen LogP contribution in [0.4, 0.5) is 0 Å². The summed E-state index contributed by atoms with van der Waals surface area (Å²) in [6, 6.07) is 8.19. The average Bonchev–Trinajstić information content (AvgIpc) is 2.50. The van der Waals surface area contributed by atoms with E-state index in [0.717, 1.165) is 11.1 Å². The molecule has 0 aliphatic heterocycles. The fourth-order valence-electron chi connectivity index (χ4n) is 1.06. The third-order valence-electron chi connectivity index (χ3n) is 1.58. The molecular weight excluding hydrogens is 192 g/mol. The Labute approximate surface area is 79.5 Å². The van der Waals surface area contributed by atoms with Gasteiger partial charge in [0.1, 0.15) is 5.75 Å². The number of thiophene rings is 1. The minimum atomic E-state index is 0.178. The Kier molecular flexibility index (Phi) is 2.19. The van der Waals surface area contributed by atoms with E-state index in [2.05, 4.69) is 5.38 Å². The van der Waals surface area contributed by atoms with Crippen molar-refractivity contribution in [3.63, 3.8) is 0 Å². The Balaban J connectivity index is 2.55. The van der Waals surface area contributed by atoms with Gasteiger partial charge in [0, 0.05) is 10.1 Å². The van der Waals surface area contributed by atoms with Gasteiger partial charge in [-0.15, -0.1) is 11.3 Å². The lowest BCUT2D eigenvalue weighted by molar-refractivity contribution is 0.393.